The number of aryl methyl sites for hydroxylation is 1. The Morgan fingerprint density at radius 2 is 1.88 bits per heavy atom. The van der Waals surface area contributed by atoms with E-state index < -0.39 is 10.0 Å². The van der Waals surface area contributed by atoms with Gasteiger partial charge in [-0.05, 0) is 12.5 Å². The SMILES string of the molecule is Cc1ccc(-c2cnoc2NS(C)(=O)=O)cc1. The summed E-state index contributed by atoms with van der Waals surface area (Å²) in [6.07, 6.45) is 2.55. The van der Waals surface area contributed by atoms with Crippen molar-refractivity contribution in [3.63, 3.8) is 0 Å². The molecule has 2 aromatic rings. The van der Waals surface area contributed by atoms with E-state index in [1.807, 2.05) is 31.2 Å². The highest BCUT2D eigenvalue weighted by molar-refractivity contribution is 7.92. The lowest BCUT2D eigenvalue weighted by Crippen LogP contribution is -2.09. The molecule has 90 valence electrons. The van der Waals surface area contributed by atoms with Gasteiger partial charge in [-0.3, -0.25) is 4.72 Å². The molecule has 17 heavy (non-hydrogen) atoms. The molecule has 6 heteroatoms. The van der Waals surface area contributed by atoms with Crippen molar-refractivity contribution in [3.05, 3.63) is 36.0 Å². The summed E-state index contributed by atoms with van der Waals surface area (Å²) in [5.41, 5.74) is 2.60. The van der Waals surface area contributed by atoms with Crippen molar-refractivity contribution >= 4 is 15.9 Å². The van der Waals surface area contributed by atoms with Gasteiger partial charge >= 0.3 is 0 Å². The maximum absolute atomic E-state index is 11.1. The maximum Gasteiger partial charge on any atom is 0.245 e. The van der Waals surface area contributed by atoms with Gasteiger partial charge in [-0.25, -0.2) is 8.42 Å². The van der Waals surface area contributed by atoms with Gasteiger partial charge in [-0.1, -0.05) is 35.0 Å². The number of nitrogens with one attached hydrogen (secondary N) is 1. The summed E-state index contributed by atoms with van der Waals surface area (Å²) < 4.78 is 29.4. The third-order valence-corrected chi connectivity index (χ3v) is 2.77. The molecule has 1 aromatic carbocycles. The Labute approximate surface area is 99.5 Å². The second-order valence-electron chi connectivity index (χ2n) is 3.81. The third-order valence-electron chi connectivity index (χ3n) is 2.21. The highest BCUT2D eigenvalue weighted by Gasteiger charge is 2.13. The van der Waals surface area contributed by atoms with Crippen LogP contribution >= 0.6 is 0 Å². The van der Waals surface area contributed by atoms with E-state index in [9.17, 15) is 8.42 Å². The number of benzene rings is 1. The Kier molecular flexibility index (Phi) is 2.89. The summed E-state index contributed by atoms with van der Waals surface area (Å²) in [5.74, 6) is 0.136. The summed E-state index contributed by atoms with van der Waals surface area (Å²) in [7, 11) is -3.37. The van der Waals surface area contributed by atoms with Crippen LogP contribution in [0.15, 0.2) is 35.0 Å². The molecule has 0 bridgehead atoms. The van der Waals surface area contributed by atoms with Crippen LogP contribution in [-0.4, -0.2) is 19.8 Å². The fourth-order valence-corrected chi connectivity index (χ4v) is 1.90. The molecule has 1 heterocycles. The zero-order chi connectivity index (χ0) is 12.5. The van der Waals surface area contributed by atoms with E-state index >= 15 is 0 Å². The van der Waals surface area contributed by atoms with Gasteiger partial charge in [0.2, 0.25) is 15.9 Å². The molecule has 0 fully saturated rings. The second-order valence-corrected chi connectivity index (χ2v) is 5.56. The van der Waals surface area contributed by atoms with Gasteiger partial charge in [-0.2, -0.15) is 0 Å². The van der Waals surface area contributed by atoms with Crippen LogP contribution in [0.2, 0.25) is 0 Å². The number of nitrogens with zero attached hydrogens (tertiary/aromatic N) is 1. The zero-order valence-electron chi connectivity index (χ0n) is 9.47. The first-order valence-electron chi connectivity index (χ1n) is 4.95. The summed E-state index contributed by atoms with van der Waals surface area (Å²) in [6.45, 7) is 1.98. The van der Waals surface area contributed by atoms with Crippen LogP contribution in [-0.2, 0) is 10.0 Å². The number of hydrogen-bond donors (Lipinski definition) is 1. The Hall–Kier alpha value is -1.82. The quantitative estimate of drug-likeness (QED) is 0.907. The predicted octanol–water partition coefficient (Wildman–Crippen LogP) is 2.02. The van der Waals surface area contributed by atoms with Gasteiger partial charge in [0.1, 0.15) is 0 Å². The van der Waals surface area contributed by atoms with E-state index in [0.717, 1.165) is 17.4 Å². The molecule has 1 N–H and O–H groups in total. The number of sulfonamides is 1. The van der Waals surface area contributed by atoms with E-state index in [4.69, 9.17) is 4.52 Å². The summed E-state index contributed by atoms with van der Waals surface area (Å²) >= 11 is 0. The van der Waals surface area contributed by atoms with E-state index in [2.05, 4.69) is 9.88 Å². The smallest absolute Gasteiger partial charge is 0.245 e. The van der Waals surface area contributed by atoms with E-state index in [1.54, 1.807) is 0 Å². The monoisotopic (exact) mass is 252 g/mol. The third kappa shape index (κ3) is 2.85. The first kappa shape index (κ1) is 11.7. The highest BCUT2D eigenvalue weighted by atomic mass is 32.2. The molecular formula is C11H12N2O3S. The molecule has 0 aliphatic carbocycles. The minimum Gasteiger partial charge on any atom is -0.337 e. The van der Waals surface area contributed by atoms with Crippen molar-refractivity contribution in [1.29, 1.82) is 0 Å². The van der Waals surface area contributed by atoms with Crippen LogP contribution in [0.25, 0.3) is 11.1 Å². The van der Waals surface area contributed by atoms with Crippen LogP contribution in [0.1, 0.15) is 5.56 Å². The minimum atomic E-state index is -3.37. The lowest BCUT2D eigenvalue weighted by atomic mass is 10.1. The summed E-state index contributed by atoms with van der Waals surface area (Å²) in [4.78, 5) is 0. The molecule has 0 atom stereocenters. The molecule has 0 amide bonds. The van der Waals surface area contributed by atoms with Crippen molar-refractivity contribution in [2.45, 2.75) is 6.92 Å². The van der Waals surface area contributed by atoms with Gasteiger partial charge in [0, 0.05) is 0 Å². The maximum atomic E-state index is 11.1. The molecule has 0 saturated heterocycles. The van der Waals surface area contributed by atoms with E-state index in [0.29, 0.717) is 5.56 Å². The Bertz CT molecular complexity index is 614. The average Bonchev–Trinajstić information content (AvgIpc) is 2.64. The Balaban J connectivity index is 2.40. The number of aromatic nitrogens is 1. The van der Waals surface area contributed by atoms with Crippen LogP contribution < -0.4 is 4.72 Å². The lowest BCUT2D eigenvalue weighted by Gasteiger charge is -2.03. The fourth-order valence-electron chi connectivity index (χ4n) is 1.42. The van der Waals surface area contributed by atoms with Crippen molar-refractivity contribution in [3.8, 4) is 11.1 Å². The van der Waals surface area contributed by atoms with Crippen molar-refractivity contribution < 1.29 is 12.9 Å². The molecule has 0 aliphatic heterocycles. The van der Waals surface area contributed by atoms with Crippen LogP contribution in [0.3, 0.4) is 0 Å². The van der Waals surface area contributed by atoms with Gasteiger partial charge in [-0.15, -0.1) is 0 Å². The largest absolute Gasteiger partial charge is 0.337 e. The van der Waals surface area contributed by atoms with Crippen molar-refractivity contribution in [2.24, 2.45) is 0 Å². The van der Waals surface area contributed by atoms with E-state index in [-0.39, 0.29) is 5.88 Å². The molecule has 0 radical (unpaired) electrons. The van der Waals surface area contributed by atoms with Crippen LogP contribution in [0, 0.1) is 6.92 Å². The molecule has 2 rings (SSSR count). The van der Waals surface area contributed by atoms with Gasteiger partial charge < -0.3 is 4.52 Å². The van der Waals surface area contributed by atoms with Crippen LogP contribution in [0.4, 0.5) is 5.88 Å². The molecule has 0 spiro atoms. The second kappa shape index (κ2) is 4.21. The first-order chi connectivity index (χ1) is 7.96. The Morgan fingerprint density at radius 3 is 2.47 bits per heavy atom. The molecule has 0 aliphatic rings. The van der Waals surface area contributed by atoms with E-state index in [1.165, 1.54) is 6.20 Å². The standard InChI is InChI=1S/C11H12N2O3S/c1-8-3-5-9(6-4-8)10-7-12-16-11(10)13-17(2,14)15/h3-7,13H,1-2H3. The average molecular weight is 252 g/mol. The molecule has 0 unspecified atom stereocenters. The number of rotatable bonds is 3. The summed E-state index contributed by atoms with van der Waals surface area (Å²) in [5, 5.41) is 3.60. The number of hydrogen-bond acceptors (Lipinski definition) is 4. The van der Waals surface area contributed by atoms with Gasteiger partial charge in [0.05, 0.1) is 18.0 Å². The highest BCUT2D eigenvalue weighted by Crippen LogP contribution is 2.28. The fraction of sp³-hybridized carbons (Fsp3) is 0.182. The number of anilines is 1. The molecule has 0 saturated carbocycles. The molecular weight excluding hydrogens is 240 g/mol. The minimum absolute atomic E-state index is 0.136. The molecule has 5 nitrogen and oxygen atoms in total. The normalized spacial score (nSPS) is 11.4. The topological polar surface area (TPSA) is 72.2 Å². The van der Waals surface area contributed by atoms with Crippen molar-refractivity contribution in [2.75, 3.05) is 11.0 Å². The lowest BCUT2D eigenvalue weighted by molar-refractivity contribution is 0.436. The zero-order valence-corrected chi connectivity index (χ0v) is 10.3. The molecule has 1 aromatic heterocycles. The van der Waals surface area contributed by atoms with Crippen LogP contribution in [0.5, 0.6) is 0 Å². The van der Waals surface area contributed by atoms with Crippen molar-refractivity contribution in [1.82, 2.24) is 5.16 Å². The Morgan fingerprint density at radius 1 is 1.24 bits per heavy atom. The van der Waals surface area contributed by atoms with Gasteiger partial charge in [0.25, 0.3) is 0 Å². The first-order valence-corrected chi connectivity index (χ1v) is 6.84. The predicted molar refractivity (Wildman–Crippen MR) is 65.1 cm³/mol. The summed E-state index contributed by atoms with van der Waals surface area (Å²) in [6, 6.07) is 7.64. The van der Waals surface area contributed by atoms with Gasteiger partial charge in [0.15, 0.2) is 0 Å².